The molecule has 1 aromatic carbocycles. The molecule has 2 aromatic heterocycles. The van der Waals surface area contributed by atoms with Crippen LogP contribution in [0.15, 0.2) is 29.6 Å². The Morgan fingerprint density at radius 1 is 1.23 bits per heavy atom. The van der Waals surface area contributed by atoms with E-state index in [0.29, 0.717) is 0 Å². The van der Waals surface area contributed by atoms with E-state index < -0.39 is 0 Å². The molecular formula is C11H9NS. The molecule has 0 unspecified atom stereocenters. The van der Waals surface area contributed by atoms with Crippen LogP contribution in [0.1, 0.15) is 5.56 Å². The predicted octanol–water partition coefficient (Wildman–Crippen LogP) is 3.69. The molecule has 64 valence electrons. The molecule has 2 heterocycles. The Morgan fingerprint density at radius 2 is 2.08 bits per heavy atom. The van der Waals surface area contributed by atoms with Crippen LogP contribution in [0.25, 0.3) is 21.1 Å². The lowest BCUT2D eigenvalue weighted by Crippen LogP contribution is -1.66. The van der Waals surface area contributed by atoms with Crippen LogP contribution >= 0.6 is 11.3 Å². The third kappa shape index (κ3) is 0.864. The van der Waals surface area contributed by atoms with Gasteiger partial charge >= 0.3 is 0 Å². The van der Waals surface area contributed by atoms with E-state index >= 15 is 0 Å². The summed E-state index contributed by atoms with van der Waals surface area (Å²) in [4.78, 5) is 4.71. The number of rotatable bonds is 0. The maximum Gasteiger partial charge on any atom is 0.101 e. The number of aryl methyl sites for hydroxylation is 1. The molecule has 0 saturated carbocycles. The fourth-order valence-corrected chi connectivity index (χ4v) is 2.77. The lowest BCUT2D eigenvalue weighted by Gasteiger charge is -1.88. The van der Waals surface area contributed by atoms with Crippen LogP contribution in [0.4, 0.5) is 0 Å². The fraction of sp³-hybridized carbons (Fsp3) is 0.0909. The molecule has 0 spiro atoms. The Hall–Kier alpha value is -1.28. The normalized spacial score (nSPS) is 11.5. The van der Waals surface area contributed by atoms with Crippen molar-refractivity contribution in [1.29, 1.82) is 0 Å². The van der Waals surface area contributed by atoms with Crippen molar-refractivity contribution < 1.29 is 0 Å². The summed E-state index contributed by atoms with van der Waals surface area (Å²) in [6.07, 6.45) is 0. The summed E-state index contributed by atoms with van der Waals surface area (Å²) in [5.74, 6) is 0. The van der Waals surface area contributed by atoms with Crippen molar-refractivity contribution in [3.8, 4) is 0 Å². The summed E-state index contributed by atoms with van der Waals surface area (Å²) in [6, 6.07) is 8.46. The van der Waals surface area contributed by atoms with E-state index in [9.17, 15) is 0 Å². The first-order chi connectivity index (χ1) is 6.36. The molecule has 0 bridgehead atoms. The highest BCUT2D eigenvalue weighted by atomic mass is 32.1. The van der Waals surface area contributed by atoms with Crippen LogP contribution in [0.2, 0.25) is 0 Å². The van der Waals surface area contributed by atoms with Gasteiger partial charge in [0.1, 0.15) is 4.83 Å². The number of benzene rings is 1. The molecule has 1 N–H and O–H groups in total. The zero-order valence-electron chi connectivity index (χ0n) is 7.29. The first-order valence-corrected chi connectivity index (χ1v) is 5.19. The number of aromatic nitrogens is 1. The van der Waals surface area contributed by atoms with E-state index in [1.165, 1.54) is 26.7 Å². The van der Waals surface area contributed by atoms with Gasteiger partial charge in [-0.2, -0.15) is 0 Å². The first-order valence-electron chi connectivity index (χ1n) is 4.31. The second-order valence-electron chi connectivity index (χ2n) is 3.29. The molecule has 0 aliphatic heterocycles. The second kappa shape index (κ2) is 2.36. The molecule has 2 heteroatoms. The van der Waals surface area contributed by atoms with Gasteiger partial charge in [0.2, 0.25) is 0 Å². The molecule has 3 rings (SSSR count). The van der Waals surface area contributed by atoms with Crippen molar-refractivity contribution in [1.82, 2.24) is 4.98 Å². The van der Waals surface area contributed by atoms with E-state index in [-0.39, 0.29) is 0 Å². The number of thiophene rings is 1. The summed E-state index contributed by atoms with van der Waals surface area (Å²) in [5.41, 5.74) is 2.62. The Morgan fingerprint density at radius 3 is 3.00 bits per heavy atom. The largest absolute Gasteiger partial charge is 0.346 e. The number of fused-ring (bicyclic) bond motifs is 3. The highest BCUT2D eigenvalue weighted by Crippen LogP contribution is 2.31. The number of hydrogen-bond donors (Lipinski definition) is 1. The van der Waals surface area contributed by atoms with E-state index in [2.05, 4.69) is 41.6 Å². The maximum absolute atomic E-state index is 3.42. The zero-order valence-corrected chi connectivity index (χ0v) is 8.11. The average Bonchev–Trinajstić information content (AvgIpc) is 2.66. The average molecular weight is 187 g/mol. The van der Waals surface area contributed by atoms with E-state index in [0.717, 1.165) is 0 Å². The Labute approximate surface area is 80.0 Å². The van der Waals surface area contributed by atoms with E-state index in [1.54, 1.807) is 11.3 Å². The van der Waals surface area contributed by atoms with Crippen LogP contribution in [-0.2, 0) is 0 Å². The van der Waals surface area contributed by atoms with Gasteiger partial charge in [-0.3, -0.25) is 0 Å². The molecular weight excluding hydrogens is 178 g/mol. The molecule has 0 aliphatic carbocycles. The van der Waals surface area contributed by atoms with Crippen LogP contribution in [0.3, 0.4) is 0 Å². The summed E-state index contributed by atoms with van der Waals surface area (Å²) in [6.45, 7) is 2.17. The summed E-state index contributed by atoms with van der Waals surface area (Å²) in [5, 5.41) is 4.94. The third-order valence-electron chi connectivity index (χ3n) is 2.42. The Balaban J connectivity index is 2.66. The SMILES string of the molecule is Cc1csc2[nH]c3ccccc3c12. The van der Waals surface area contributed by atoms with Gasteiger partial charge in [0.15, 0.2) is 0 Å². The molecule has 1 nitrogen and oxygen atoms in total. The van der Waals surface area contributed by atoms with Gasteiger partial charge in [-0.15, -0.1) is 11.3 Å². The minimum Gasteiger partial charge on any atom is -0.346 e. The van der Waals surface area contributed by atoms with Gasteiger partial charge < -0.3 is 4.98 Å². The Bertz CT molecular complexity index is 574. The number of aromatic amines is 1. The second-order valence-corrected chi connectivity index (χ2v) is 4.17. The van der Waals surface area contributed by atoms with Crippen molar-refractivity contribution >= 4 is 32.5 Å². The van der Waals surface area contributed by atoms with Crippen molar-refractivity contribution in [3.05, 3.63) is 35.2 Å². The summed E-state index contributed by atoms with van der Waals surface area (Å²) < 4.78 is 0. The maximum atomic E-state index is 3.42. The summed E-state index contributed by atoms with van der Waals surface area (Å²) >= 11 is 1.78. The number of para-hydroxylation sites is 1. The smallest absolute Gasteiger partial charge is 0.101 e. The fourth-order valence-electron chi connectivity index (χ4n) is 1.80. The van der Waals surface area contributed by atoms with E-state index in [1.807, 2.05) is 0 Å². The Kier molecular flexibility index (Phi) is 1.30. The van der Waals surface area contributed by atoms with Gasteiger partial charge in [0, 0.05) is 16.3 Å². The lowest BCUT2D eigenvalue weighted by atomic mass is 10.1. The summed E-state index contributed by atoms with van der Waals surface area (Å²) in [7, 11) is 0. The quantitative estimate of drug-likeness (QED) is 0.552. The highest BCUT2D eigenvalue weighted by molar-refractivity contribution is 7.17. The third-order valence-corrected chi connectivity index (χ3v) is 3.43. The van der Waals surface area contributed by atoms with Gasteiger partial charge in [0.25, 0.3) is 0 Å². The van der Waals surface area contributed by atoms with Crippen molar-refractivity contribution in [2.75, 3.05) is 0 Å². The molecule has 0 amide bonds. The lowest BCUT2D eigenvalue weighted by molar-refractivity contribution is 1.58. The van der Waals surface area contributed by atoms with E-state index in [4.69, 9.17) is 0 Å². The van der Waals surface area contributed by atoms with Crippen LogP contribution in [-0.4, -0.2) is 4.98 Å². The van der Waals surface area contributed by atoms with Crippen LogP contribution < -0.4 is 0 Å². The van der Waals surface area contributed by atoms with Crippen molar-refractivity contribution in [2.45, 2.75) is 6.92 Å². The minimum atomic E-state index is 1.24. The van der Waals surface area contributed by atoms with Crippen LogP contribution in [0.5, 0.6) is 0 Å². The number of H-pyrrole nitrogens is 1. The van der Waals surface area contributed by atoms with Gasteiger partial charge in [-0.25, -0.2) is 0 Å². The molecule has 13 heavy (non-hydrogen) atoms. The minimum absolute atomic E-state index is 1.24. The number of nitrogens with one attached hydrogen (secondary N) is 1. The zero-order chi connectivity index (χ0) is 8.84. The van der Waals surface area contributed by atoms with Crippen molar-refractivity contribution in [2.24, 2.45) is 0 Å². The standard InChI is InChI=1S/C11H9NS/c1-7-6-13-11-10(7)8-4-2-3-5-9(8)12-11/h2-6,12H,1H3. The van der Waals surface area contributed by atoms with Gasteiger partial charge in [0.05, 0.1) is 0 Å². The van der Waals surface area contributed by atoms with Gasteiger partial charge in [-0.05, 0) is 23.9 Å². The molecule has 0 atom stereocenters. The molecule has 0 fully saturated rings. The molecule has 0 radical (unpaired) electrons. The van der Waals surface area contributed by atoms with Crippen molar-refractivity contribution in [3.63, 3.8) is 0 Å². The topological polar surface area (TPSA) is 15.8 Å². The molecule has 3 aromatic rings. The molecule has 0 aliphatic rings. The predicted molar refractivity (Wildman–Crippen MR) is 58.4 cm³/mol. The van der Waals surface area contributed by atoms with Crippen LogP contribution in [0, 0.1) is 6.92 Å². The highest BCUT2D eigenvalue weighted by Gasteiger charge is 2.06. The number of hydrogen-bond acceptors (Lipinski definition) is 1. The molecule has 0 saturated heterocycles. The first kappa shape index (κ1) is 7.15. The van der Waals surface area contributed by atoms with Gasteiger partial charge in [-0.1, -0.05) is 18.2 Å². The monoisotopic (exact) mass is 187 g/mol.